The van der Waals surface area contributed by atoms with Crippen molar-refractivity contribution in [1.82, 2.24) is 9.88 Å². The second-order valence-electron chi connectivity index (χ2n) is 7.38. The van der Waals surface area contributed by atoms with Crippen LogP contribution in [-0.4, -0.2) is 50.4 Å². The lowest BCUT2D eigenvalue weighted by Crippen LogP contribution is -2.49. The van der Waals surface area contributed by atoms with E-state index in [9.17, 15) is 13.2 Å². The van der Waals surface area contributed by atoms with Crippen molar-refractivity contribution < 1.29 is 13.2 Å². The highest BCUT2D eigenvalue weighted by molar-refractivity contribution is 7.90. The molecule has 0 saturated carbocycles. The highest BCUT2D eigenvalue weighted by Crippen LogP contribution is 2.19. The number of amides is 1. The summed E-state index contributed by atoms with van der Waals surface area (Å²) in [5.74, 6) is 0.694. The van der Waals surface area contributed by atoms with Gasteiger partial charge in [-0.2, -0.15) is 0 Å². The lowest BCUT2D eigenvalue weighted by molar-refractivity contribution is 0.0746. The number of pyridine rings is 1. The number of rotatable bonds is 5. The number of piperazine rings is 1. The van der Waals surface area contributed by atoms with Gasteiger partial charge < -0.3 is 9.80 Å². The van der Waals surface area contributed by atoms with Gasteiger partial charge in [0.1, 0.15) is 5.82 Å². The van der Waals surface area contributed by atoms with Gasteiger partial charge >= 0.3 is 0 Å². The minimum atomic E-state index is -3.42. The average Bonchev–Trinajstić information content (AvgIpc) is 2.80. The summed E-state index contributed by atoms with van der Waals surface area (Å²) in [5, 5.41) is 0.595. The third kappa shape index (κ3) is 5.06. The van der Waals surface area contributed by atoms with Gasteiger partial charge in [-0.25, -0.2) is 13.4 Å². The topological polar surface area (TPSA) is 70.6 Å². The molecule has 2 aromatic carbocycles. The van der Waals surface area contributed by atoms with Crippen molar-refractivity contribution >= 4 is 33.2 Å². The minimum absolute atomic E-state index is 0.0545. The fourth-order valence-corrected chi connectivity index (χ4v) is 5.03. The van der Waals surface area contributed by atoms with E-state index in [0.29, 0.717) is 47.2 Å². The van der Waals surface area contributed by atoms with E-state index in [-0.39, 0.29) is 11.7 Å². The molecule has 3 aromatic rings. The summed E-state index contributed by atoms with van der Waals surface area (Å²) >= 11 is 5.89. The number of carbonyl (C=O) groups is 1. The smallest absolute Gasteiger partial charge is 0.253 e. The fraction of sp³-hybridized carbons (Fsp3) is 0.217. The molecule has 1 aliphatic rings. The summed E-state index contributed by atoms with van der Waals surface area (Å²) in [4.78, 5) is 21.4. The molecule has 1 fully saturated rings. The van der Waals surface area contributed by atoms with Crippen LogP contribution >= 0.6 is 11.6 Å². The van der Waals surface area contributed by atoms with Crippen molar-refractivity contribution in [3.8, 4) is 0 Å². The number of hydrogen-bond acceptors (Lipinski definition) is 5. The fourth-order valence-electron chi connectivity index (χ4n) is 3.55. The SMILES string of the molecule is O=C(c1ccc(CS(=O)(=O)c2ccccc2)cc1)N1CCN(c2ccc(Cl)cn2)CC1. The molecule has 1 aliphatic heterocycles. The van der Waals surface area contributed by atoms with Crippen LogP contribution in [0.1, 0.15) is 15.9 Å². The van der Waals surface area contributed by atoms with Gasteiger partial charge in [0.15, 0.2) is 9.84 Å². The molecule has 0 unspecified atom stereocenters. The first-order valence-corrected chi connectivity index (χ1v) is 12.0. The molecule has 160 valence electrons. The van der Waals surface area contributed by atoms with Gasteiger partial charge in [-0.05, 0) is 42.0 Å². The number of nitrogens with zero attached hydrogens (tertiary/aromatic N) is 3. The maximum absolute atomic E-state index is 12.9. The van der Waals surface area contributed by atoms with Gasteiger partial charge in [0, 0.05) is 37.9 Å². The third-order valence-electron chi connectivity index (χ3n) is 5.26. The molecule has 1 amide bonds. The van der Waals surface area contributed by atoms with E-state index in [1.807, 2.05) is 11.0 Å². The summed E-state index contributed by atoms with van der Waals surface area (Å²) in [7, 11) is -3.42. The number of carbonyl (C=O) groups excluding carboxylic acids is 1. The third-order valence-corrected chi connectivity index (χ3v) is 7.19. The molecule has 0 N–H and O–H groups in total. The zero-order chi connectivity index (χ0) is 21.8. The first kappa shape index (κ1) is 21.3. The number of sulfone groups is 1. The number of aromatic nitrogens is 1. The number of hydrogen-bond donors (Lipinski definition) is 0. The van der Waals surface area contributed by atoms with Crippen LogP contribution in [0.15, 0.2) is 77.8 Å². The molecule has 2 heterocycles. The van der Waals surface area contributed by atoms with Crippen molar-refractivity contribution in [3.63, 3.8) is 0 Å². The molecule has 31 heavy (non-hydrogen) atoms. The molecule has 1 saturated heterocycles. The molecule has 4 rings (SSSR count). The lowest BCUT2D eigenvalue weighted by atomic mass is 10.1. The summed E-state index contributed by atoms with van der Waals surface area (Å²) in [5.41, 5.74) is 1.21. The van der Waals surface area contributed by atoms with Gasteiger partial charge in [0.25, 0.3) is 5.91 Å². The molecule has 0 atom stereocenters. The second-order valence-corrected chi connectivity index (χ2v) is 9.81. The Labute approximate surface area is 187 Å². The summed E-state index contributed by atoms with van der Waals surface area (Å²) in [6, 6.07) is 18.9. The Kier molecular flexibility index (Phi) is 6.25. The van der Waals surface area contributed by atoms with Crippen LogP contribution in [-0.2, 0) is 15.6 Å². The van der Waals surface area contributed by atoms with Crippen molar-refractivity contribution in [2.75, 3.05) is 31.1 Å². The Morgan fingerprint density at radius 3 is 2.19 bits per heavy atom. The monoisotopic (exact) mass is 455 g/mol. The van der Waals surface area contributed by atoms with Gasteiger partial charge in [0.2, 0.25) is 0 Å². The molecule has 0 aliphatic carbocycles. The molecule has 1 aromatic heterocycles. The standard InChI is InChI=1S/C23H22ClN3O3S/c24-20-10-11-22(25-16-20)26-12-14-27(15-13-26)23(28)19-8-6-18(7-9-19)17-31(29,30)21-4-2-1-3-5-21/h1-11,16H,12-15,17H2. The van der Waals surface area contributed by atoms with E-state index < -0.39 is 9.84 Å². The first-order valence-electron chi connectivity index (χ1n) is 9.95. The quantitative estimate of drug-likeness (QED) is 0.587. The minimum Gasteiger partial charge on any atom is -0.353 e. The van der Waals surface area contributed by atoms with Crippen LogP contribution in [0.2, 0.25) is 5.02 Å². The molecular formula is C23H22ClN3O3S. The van der Waals surface area contributed by atoms with Crippen molar-refractivity contribution in [2.24, 2.45) is 0 Å². The maximum Gasteiger partial charge on any atom is 0.253 e. The van der Waals surface area contributed by atoms with E-state index in [0.717, 1.165) is 5.82 Å². The van der Waals surface area contributed by atoms with Gasteiger partial charge in [-0.15, -0.1) is 0 Å². The Bertz CT molecular complexity index is 1140. The van der Waals surface area contributed by atoms with Crippen LogP contribution in [0.3, 0.4) is 0 Å². The number of benzene rings is 2. The van der Waals surface area contributed by atoms with Crippen molar-refractivity contribution in [1.29, 1.82) is 0 Å². The second kappa shape index (κ2) is 9.08. The summed E-state index contributed by atoms with van der Waals surface area (Å²) in [6.45, 7) is 2.56. The van der Waals surface area contributed by atoms with Crippen LogP contribution in [0.4, 0.5) is 5.82 Å². The highest BCUT2D eigenvalue weighted by Gasteiger charge is 2.23. The Morgan fingerprint density at radius 2 is 1.58 bits per heavy atom. The zero-order valence-corrected chi connectivity index (χ0v) is 18.4. The molecule has 0 spiro atoms. The zero-order valence-electron chi connectivity index (χ0n) is 16.8. The predicted octanol–water partition coefficient (Wildman–Crippen LogP) is 3.67. The Morgan fingerprint density at radius 1 is 0.903 bits per heavy atom. The average molecular weight is 456 g/mol. The normalized spacial score (nSPS) is 14.5. The molecule has 0 radical (unpaired) electrons. The summed E-state index contributed by atoms with van der Waals surface area (Å²) < 4.78 is 25.1. The highest BCUT2D eigenvalue weighted by atomic mass is 35.5. The summed E-state index contributed by atoms with van der Waals surface area (Å²) in [6.07, 6.45) is 1.62. The molecule has 8 heteroatoms. The van der Waals surface area contributed by atoms with E-state index in [1.165, 1.54) is 0 Å². The van der Waals surface area contributed by atoms with E-state index in [4.69, 9.17) is 11.6 Å². The lowest BCUT2D eigenvalue weighted by Gasteiger charge is -2.35. The predicted molar refractivity (Wildman–Crippen MR) is 121 cm³/mol. The number of anilines is 1. The van der Waals surface area contributed by atoms with E-state index >= 15 is 0 Å². The van der Waals surface area contributed by atoms with Crippen molar-refractivity contribution in [2.45, 2.75) is 10.6 Å². The van der Waals surface area contributed by atoms with Crippen LogP contribution in [0, 0.1) is 0 Å². The van der Waals surface area contributed by atoms with Crippen LogP contribution < -0.4 is 4.90 Å². The van der Waals surface area contributed by atoms with Crippen molar-refractivity contribution in [3.05, 3.63) is 89.1 Å². The van der Waals surface area contributed by atoms with Crippen LogP contribution in [0.5, 0.6) is 0 Å². The van der Waals surface area contributed by atoms with Gasteiger partial charge in [-0.3, -0.25) is 4.79 Å². The first-order chi connectivity index (χ1) is 14.9. The van der Waals surface area contributed by atoms with E-state index in [1.54, 1.807) is 66.9 Å². The number of halogens is 1. The van der Waals surface area contributed by atoms with Gasteiger partial charge in [0.05, 0.1) is 15.7 Å². The van der Waals surface area contributed by atoms with Crippen LogP contribution in [0.25, 0.3) is 0 Å². The maximum atomic E-state index is 12.9. The largest absolute Gasteiger partial charge is 0.353 e. The van der Waals surface area contributed by atoms with E-state index in [2.05, 4.69) is 9.88 Å². The Hall–Kier alpha value is -2.90. The Balaban J connectivity index is 1.37. The molecule has 0 bridgehead atoms. The molecular weight excluding hydrogens is 434 g/mol. The van der Waals surface area contributed by atoms with Gasteiger partial charge in [-0.1, -0.05) is 41.9 Å². The molecule has 6 nitrogen and oxygen atoms in total.